The number of nitrogens with zero attached hydrogens (tertiary/aromatic N) is 2. The molecule has 1 aromatic heterocycles. The molecule has 0 saturated carbocycles. The van der Waals surface area contributed by atoms with Crippen LogP contribution >= 0.6 is 11.3 Å². The van der Waals surface area contributed by atoms with Crippen molar-refractivity contribution in [2.45, 2.75) is 32.2 Å². The van der Waals surface area contributed by atoms with Crippen LogP contribution in [0.5, 0.6) is 0 Å². The third kappa shape index (κ3) is 8.02. The number of benzene rings is 2. The zero-order chi connectivity index (χ0) is 29.1. The second-order valence-corrected chi connectivity index (χ2v) is 11.3. The van der Waals surface area contributed by atoms with Crippen molar-refractivity contribution in [3.63, 3.8) is 0 Å². The Bertz CT molecular complexity index is 1350. The molecule has 0 spiro atoms. The number of para-hydroxylation sites is 2. The van der Waals surface area contributed by atoms with Gasteiger partial charge in [-0.25, -0.2) is 0 Å². The van der Waals surface area contributed by atoms with Gasteiger partial charge in [-0.3, -0.25) is 4.79 Å². The van der Waals surface area contributed by atoms with Gasteiger partial charge in [0.05, 0.1) is 46.1 Å². The van der Waals surface area contributed by atoms with Crippen LogP contribution in [0.3, 0.4) is 0 Å². The Labute approximate surface area is 246 Å². The molecule has 2 aromatic carbocycles. The van der Waals surface area contributed by atoms with Gasteiger partial charge >= 0.3 is 5.97 Å². The molecule has 0 radical (unpaired) electrons. The molecule has 2 heterocycles. The van der Waals surface area contributed by atoms with Crippen LogP contribution in [0.15, 0.2) is 66.4 Å². The highest BCUT2D eigenvalue weighted by molar-refractivity contribution is 7.18. The first-order valence-electron chi connectivity index (χ1n) is 14.0. The van der Waals surface area contributed by atoms with Gasteiger partial charge < -0.3 is 29.0 Å². The molecule has 1 N–H and O–H groups in total. The third-order valence-electron chi connectivity index (χ3n) is 7.11. The van der Waals surface area contributed by atoms with E-state index in [9.17, 15) is 4.79 Å². The maximum atomic E-state index is 10.6. The average Bonchev–Trinajstić information content (AvgIpc) is 3.41. The van der Waals surface area contributed by atoms with Crippen molar-refractivity contribution in [3.8, 4) is 0 Å². The minimum atomic E-state index is -0.858. The molecule has 1 aliphatic heterocycles. The normalized spacial score (nSPS) is 15.4. The summed E-state index contributed by atoms with van der Waals surface area (Å²) in [5, 5.41) is 9.85. The van der Waals surface area contributed by atoms with E-state index in [1.165, 1.54) is 27.2 Å². The van der Waals surface area contributed by atoms with E-state index in [2.05, 4.69) is 90.1 Å². The van der Waals surface area contributed by atoms with Gasteiger partial charge in [0.25, 0.3) is 5.01 Å². The van der Waals surface area contributed by atoms with E-state index in [0.29, 0.717) is 46.2 Å². The SMILES string of the molecule is COCCOCCN1/C(=C/C=C/c2sc3ccccc3[n+]2CCOCCOCCC(=O)O)C(C)(C)c2ccccc21. The summed E-state index contributed by atoms with van der Waals surface area (Å²) in [4.78, 5) is 13.0. The van der Waals surface area contributed by atoms with Crippen LogP contribution in [-0.2, 0) is 35.7 Å². The van der Waals surface area contributed by atoms with E-state index in [4.69, 9.17) is 24.1 Å². The smallest absolute Gasteiger partial charge is 0.305 e. The summed E-state index contributed by atoms with van der Waals surface area (Å²) in [5.41, 5.74) is 4.83. The summed E-state index contributed by atoms with van der Waals surface area (Å²) in [5.74, 6) is -0.858. The molecule has 1 aliphatic rings. The Morgan fingerprint density at radius 2 is 1.66 bits per heavy atom. The van der Waals surface area contributed by atoms with Gasteiger partial charge in [-0.15, -0.1) is 0 Å². The Kier molecular flexibility index (Phi) is 11.5. The number of allylic oxidation sites excluding steroid dienone is 3. The van der Waals surface area contributed by atoms with Gasteiger partial charge in [-0.1, -0.05) is 61.6 Å². The Balaban J connectivity index is 1.47. The highest BCUT2D eigenvalue weighted by Crippen LogP contribution is 2.47. The molecule has 0 bridgehead atoms. The van der Waals surface area contributed by atoms with Crippen molar-refractivity contribution in [2.75, 3.05) is 64.8 Å². The molecule has 3 aromatic rings. The van der Waals surface area contributed by atoms with E-state index in [1.54, 1.807) is 18.4 Å². The van der Waals surface area contributed by atoms with E-state index < -0.39 is 5.97 Å². The predicted octanol–water partition coefficient (Wildman–Crippen LogP) is 5.05. The number of carbonyl (C=O) groups is 1. The number of aliphatic carboxylic acids is 1. The molecule has 4 rings (SSSR count). The number of fused-ring (bicyclic) bond motifs is 2. The first-order valence-corrected chi connectivity index (χ1v) is 14.9. The van der Waals surface area contributed by atoms with Crippen LogP contribution < -0.4 is 9.47 Å². The van der Waals surface area contributed by atoms with Crippen LogP contribution in [0.25, 0.3) is 16.3 Å². The summed E-state index contributed by atoms with van der Waals surface area (Å²) in [6.07, 6.45) is 6.57. The highest BCUT2D eigenvalue weighted by atomic mass is 32.1. The minimum absolute atomic E-state index is 0.00575. The second-order valence-electron chi connectivity index (χ2n) is 10.2. The highest BCUT2D eigenvalue weighted by Gasteiger charge is 2.39. The van der Waals surface area contributed by atoms with Crippen LogP contribution in [0.2, 0.25) is 0 Å². The topological polar surface area (TPSA) is 81.3 Å². The molecular formula is C32H41N2O6S+. The van der Waals surface area contributed by atoms with Crippen molar-refractivity contribution in [1.82, 2.24) is 0 Å². The maximum Gasteiger partial charge on any atom is 0.305 e. The van der Waals surface area contributed by atoms with Gasteiger partial charge in [-0.2, -0.15) is 4.57 Å². The van der Waals surface area contributed by atoms with Gasteiger partial charge in [-0.05, 0) is 23.8 Å². The average molecular weight is 582 g/mol. The number of rotatable bonds is 17. The number of carboxylic acid groups (broad SMARTS) is 1. The standard InChI is InChI=1S/C32H40N2O6S/c1-32(2)25-9-4-5-10-26(25)33(16-19-39-22-21-37-3)29(32)13-8-14-30-34(27-11-6-7-12-28(27)41-30)17-20-40-24-23-38-18-15-31(35)36/h4-14H,15-24H2,1-3H3/p+1. The molecule has 0 fully saturated rings. The number of anilines is 1. The Hall–Kier alpha value is -3.08. The molecule has 0 atom stereocenters. The van der Waals surface area contributed by atoms with Crippen LogP contribution in [0, 0.1) is 0 Å². The van der Waals surface area contributed by atoms with Crippen molar-refractivity contribution in [2.24, 2.45) is 0 Å². The van der Waals surface area contributed by atoms with Gasteiger partial charge in [0.1, 0.15) is 11.3 Å². The summed E-state index contributed by atoms with van der Waals surface area (Å²) >= 11 is 1.76. The van der Waals surface area contributed by atoms with Crippen molar-refractivity contribution in [1.29, 1.82) is 0 Å². The van der Waals surface area contributed by atoms with Crippen molar-refractivity contribution in [3.05, 3.63) is 77.0 Å². The number of thiazole rings is 1. The summed E-state index contributed by atoms with van der Waals surface area (Å²) in [6, 6.07) is 17.0. The molecule has 0 saturated heterocycles. The summed E-state index contributed by atoms with van der Waals surface area (Å²) in [6.45, 7) is 9.38. The molecular weight excluding hydrogens is 540 g/mol. The zero-order valence-electron chi connectivity index (χ0n) is 24.2. The van der Waals surface area contributed by atoms with E-state index >= 15 is 0 Å². The lowest BCUT2D eigenvalue weighted by Gasteiger charge is -2.27. The molecule has 9 heteroatoms. The van der Waals surface area contributed by atoms with E-state index in [1.807, 2.05) is 0 Å². The van der Waals surface area contributed by atoms with Gasteiger partial charge in [0.2, 0.25) is 5.52 Å². The number of hydrogen-bond donors (Lipinski definition) is 1. The first-order chi connectivity index (χ1) is 19.9. The molecule has 0 unspecified atom stereocenters. The molecule has 8 nitrogen and oxygen atoms in total. The molecule has 0 amide bonds. The number of carboxylic acids is 1. The number of hydrogen-bond acceptors (Lipinski definition) is 7. The van der Waals surface area contributed by atoms with E-state index in [0.717, 1.165) is 11.6 Å². The Morgan fingerprint density at radius 3 is 2.46 bits per heavy atom. The lowest BCUT2D eigenvalue weighted by atomic mass is 9.84. The minimum Gasteiger partial charge on any atom is -0.481 e. The monoisotopic (exact) mass is 581 g/mol. The number of aromatic nitrogens is 1. The van der Waals surface area contributed by atoms with E-state index in [-0.39, 0.29) is 18.4 Å². The lowest BCUT2D eigenvalue weighted by molar-refractivity contribution is -0.670. The fraction of sp³-hybridized carbons (Fsp3) is 0.438. The zero-order valence-corrected chi connectivity index (χ0v) is 25.0. The lowest BCUT2D eigenvalue weighted by Crippen LogP contribution is -2.37. The van der Waals surface area contributed by atoms with Crippen LogP contribution in [-0.4, -0.2) is 71.0 Å². The fourth-order valence-electron chi connectivity index (χ4n) is 5.05. The van der Waals surface area contributed by atoms with Gasteiger partial charge in [0.15, 0.2) is 6.54 Å². The van der Waals surface area contributed by atoms with Crippen molar-refractivity contribution >= 4 is 39.3 Å². The predicted molar refractivity (Wildman–Crippen MR) is 163 cm³/mol. The first kappa shape index (κ1) is 30.9. The third-order valence-corrected chi connectivity index (χ3v) is 8.24. The van der Waals surface area contributed by atoms with Crippen LogP contribution in [0.1, 0.15) is 30.8 Å². The van der Waals surface area contributed by atoms with Gasteiger partial charge in [0, 0.05) is 42.6 Å². The molecule has 220 valence electrons. The Morgan fingerprint density at radius 1 is 0.951 bits per heavy atom. The summed E-state index contributed by atoms with van der Waals surface area (Å²) in [7, 11) is 1.69. The van der Waals surface area contributed by atoms with Crippen molar-refractivity contribution < 1.29 is 33.4 Å². The second kappa shape index (κ2) is 15.2. The molecule has 0 aliphatic carbocycles. The maximum absolute atomic E-state index is 10.6. The number of methoxy groups -OCH3 is 1. The summed E-state index contributed by atoms with van der Waals surface area (Å²) < 4.78 is 25.6. The quantitative estimate of drug-likeness (QED) is 0.176. The van der Waals surface area contributed by atoms with Crippen LogP contribution in [0.4, 0.5) is 5.69 Å². The molecule has 41 heavy (non-hydrogen) atoms. The largest absolute Gasteiger partial charge is 0.481 e. The fourth-order valence-corrected chi connectivity index (χ4v) is 6.15. The number of ether oxygens (including phenoxy) is 4.